The highest BCUT2D eigenvalue weighted by molar-refractivity contribution is 5.95. The van der Waals surface area contributed by atoms with Crippen LogP contribution in [0.3, 0.4) is 0 Å². The van der Waals surface area contributed by atoms with Gasteiger partial charge in [-0.25, -0.2) is 0 Å². The fourth-order valence-electron chi connectivity index (χ4n) is 3.90. The molecule has 1 fully saturated rings. The molecule has 1 aliphatic rings. The van der Waals surface area contributed by atoms with Gasteiger partial charge in [-0.15, -0.1) is 0 Å². The fourth-order valence-corrected chi connectivity index (χ4v) is 3.90. The number of likely N-dealkylation sites (tertiary alicyclic amines) is 1. The minimum Gasteiger partial charge on any atom is -0.497 e. The number of methoxy groups -OCH3 is 1. The molecule has 166 valence electrons. The predicted octanol–water partition coefficient (Wildman–Crippen LogP) is 3.86. The minimum absolute atomic E-state index is 0.0923. The summed E-state index contributed by atoms with van der Waals surface area (Å²) in [5.41, 5.74) is 1.60. The first kappa shape index (κ1) is 21.6. The zero-order chi connectivity index (χ0) is 22.3. The molecule has 0 saturated carbocycles. The van der Waals surface area contributed by atoms with Crippen molar-refractivity contribution >= 4 is 17.5 Å². The molecule has 0 bridgehead atoms. The van der Waals surface area contributed by atoms with Gasteiger partial charge < -0.3 is 19.4 Å². The molecule has 7 nitrogen and oxygen atoms in total. The zero-order valence-corrected chi connectivity index (χ0v) is 18.0. The second kappa shape index (κ2) is 10.2. The molecule has 7 heteroatoms. The Labute approximate surface area is 187 Å². The van der Waals surface area contributed by atoms with Gasteiger partial charge in [-0.1, -0.05) is 30.3 Å². The molecule has 2 amide bonds. The van der Waals surface area contributed by atoms with Crippen LogP contribution >= 0.6 is 0 Å². The van der Waals surface area contributed by atoms with Crippen LogP contribution in [0, 0.1) is 0 Å². The Balaban J connectivity index is 1.41. The van der Waals surface area contributed by atoms with E-state index in [-0.39, 0.29) is 17.9 Å². The zero-order valence-electron chi connectivity index (χ0n) is 18.0. The van der Waals surface area contributed by atoms with Crippen molar-refractivity contribution in [3.8, 4) is 5.75 Å². The van der Waals surface area contributed by atoms with Crippen LogP contribution in [0.4, 0.5) is 5.69 Å². The molecular formula is C25H27N3O4. The van der Waals surface area contributed by atoms with Gasteiger partial charge in [0, 0.05) is 24.8 Å². The van der Waals surface area contributed by atoms with Crippen LogP contribution in [0.1, 0.15) is 35.0 Å². The average molecular weight is 434 g/mol. The fraction of sp³-hybridized carbons (Fsp3) is 0.280. The van der Waals surface area contributed by atoms with Gasteiger partial charge in [-0.05, 0) is 54.8 Å². The number of carbonyl (C=O) groups excluding carboxylic acids is 2. The van der Waals surface area contributed by atoms with Gasteiger partial charge >= 0.3 is 0 Å². The van der Waals surface area contributed by atoms with Crippen LogP contribution in [0.2, 0.25) is 0 Å². The van der Waals surface area contributed by atoms with Crippen molar-refractivity contribution in [1.82, 2.24) is 10.2 Å². The molecule has 0 unspecified atom stereocenters. The lowest BCUT2D eigenvalue weighted by atomic mass is 10.00. The van der Waals surface area contributed by atoms with Crippen molar-refractivity contribution in [3.63, 3.8) is 0 Å². The predicted molar refractivity (Wildman–Crippen MR) is 122 cm³/mol. The lowest BCUT2D eigenvalue weighted by Crippen LogP contribution is -2.47. The van der Waals surface area contributed by atoms with Gasteiger partial charge in [0.15, 0.2) is 5.76 Å². The van der Waals surface area contributed by atoms with Gasteiger partial charge in [0.05, 0.1) is 13.4 Å². The maximum atomic E-state index is 13.2. The first-order chi connectivity index (χ1) is 15.6. The number of nitrogens with one attached hydrogen (secondary N) is 2. The van der Waals surface area contributed by atoms with Crippen molar-refractivity contribution in [3.05, 3.63) is 84.3 Å². The first-order valence-electron chi connectivity index (χ1n) is 10.7. The van der Waals surface area contributed by atoms with Gasteiger partial charge in [-0.2, -0.15) is 0 Å². The number of furan rings is 1. The molecule has 1 aliphatic heterocycles. The smallest absolute Gasteiger partial charge is 0.289 e. The number of ether oxygens (including phenoxy) is 1. The lowest BCUT2D eigenvalue weighted by Gasteiger charge is -2.34. The van der Waals surface area contributed by atoms with Gasteiger partial charge in [0.1, 0.15) is 11.8 Å². The van der Waals surface area contributed by atoms with Crippen LogP contribution in [-0.4, -0.2) is 43.0 Å². The van der Waals surface area contributed by atoms with Crippen LogP contribution in [0.25, 0.3) is 0 Å². The lowest BCUT2D eigenvalue weighted by molar-refractivity contribution is -0.118. The SMILES string of the molecule is COc1ccc(NC(=O)[C@H](NC2CCN(C(=O)c3ccco3)CC2)c2ccccc2)cc1. The second-order valence-corrected chi connectivity index (χ2v) is 7.77. The number of carbonyl (C=O) groups is 2. The molecule has 2 aromatic carbocycles. The van der Waals surface area contributed by atoms with E-state index < -0.39 is 6.04 Å². The number of anilines is 1. The third-order valence-electron chi connectivity index (χ3n) is 5.67. The summed E-state index contributed by atoms with van der Waals surface area (Å²) in [4.78, 5) is 27.5. The van der Waals surface area contributed by atoms with Crippen LogP contribution in [0.5, 0.6) is 5.75 Å². The monoisotopic (exact) mass is 433 g/mol. The minimum atomic E-state index is -0.504. The standard InChI is InChI=1S/C25H27N3O4/c1-31-21-11-9-19(10-12-21)27-24(29)23(18-6-3-2-4-7-18)26-20-13-15-28(16-14-20)25(30)22-8-5-17-32-22/h2-12,17,20,23,26H,13-16H2,1H3,(H,27,29)/t23-/m1/s1. The van der Waals surface area contributed by atoms with Gasteiger partial charge in [-0.3, -0.25) is 14.9 Å². The van der Waals surface area contributed by atoms with Crippen molar-refractivity contribution in [1.29, 1.82) is 0 Å². The first-order valence-corrected chi connectivity index (χ1v) is 10.7. The van der Waals surface area contributed by atoms with E-state index in [1.807, 2.05) is 54.6 Å². The van der Waals surface area contributed by atoms with E-state index in [0.717, 1.165) is 24.2 Å². The summed E-state index contributed by atoms with van der Waals surface area (Å²) >= 11 is 0. The van der Waals surface area contributed by atoms with Crippen molar-refractivity contribution in [2.24, 2.45) is 0 Å². The molecule has 0 radical (unpaired) electrons. The maximum absolute atomic E-state index is 13.2. The van der Waals surface area contributed by atoms with Crippen LogP contribution < -0.4 is 15.4 Å². The number of hydrogen-bond donors (Lipinski definition) is 2. The van der Waals surface area contributed by atoms with E-state index in [0.29, 0.717) is 24.5 Å². The summed E-state index contributed by atoms with van der Waals surface area (Å²) in [5, 5.41) is 6.50. The Morgan fingerprint density at radius 3 is 2.34 bits per heavy atom. The molecule has 3 aromatic rings. The Hall–Kier alpha value is -3.58. The van der Waals surface area contributed by atoms with E-state index in [1.54, 1.807) is 24.1 Å². The molecule has 2 N–H and O–H groups in total. The van der Waals surface area contributed by atoms with Crippen molar-refractivity contribution in [2.45, 2.75) is 24.9 Å². The number of nitrogens with zero attached hydrogens (tertiary/aromatic N) is 1. The third kappa shape index (κ3) is 5.18. The highest BCUT2D eigenvalue weighted by Crippen LogP contribution is 2.22. The summed E-state index contributed by atoms with van der Waals surface area (Å²) in [6, 6.07) is 19.9. The normalized spacial score (nSPS) is 15.2. The number of piperidine rings is 1. The van der Waals surface area contributed by atoms with Crippen molar-refractivity contribution in [2.75, 3.05) is 25.5 Å². The van der Waals surface area contributed by atoms with E-state index >= 15 is 0 Å². The third-order valence-corrected chi connectivity index (χ3v) is 5.67. The summed E-state index contributed by atoms with van der Waals surface area (Å²) in [6.07, 6.45) is 3.02. The molecule has 1 aromatic heterocycles. The Morgan fingerprint density at radius 2 is 1.72 bits per heavy atom. The van der Waals surface area contributed by atoms with Gasteiger partial charge in [0.25, 0.3) is 5.91 Å². The summed E-state index contributed by atoms with van der Waals surface area (Å²) in [5.74, 6) is 0.870. The molecule has 1 atom stereocenters. The van der Waals surface area contributed by atoms with E-state index in [2.05, 4.69) is 10.6 Å². The molecule has 2 heterocycles. The summed E-state index contributed by atoms with van der Waals surface area (Å²) in [7, 11) is 1.61. The Kier molecular flexibility index (Phi) is 6.87. The highest BCUT2D eigenvalue weighted by Gasteiger charge is 2.29. The topological polar surface area (TPSA) is 83.8 Å². The average Bonchev–Trinajstić information content (AvgIpc) is 3.38. The van der Waals surface area contributed by atoms with Crippen LogP contribution in [-0.2, 0) is 4.79 Å². The largest absolute Gasteiger partial charge is 0.497 e. The number of amides is 2. The summed E-state index contributed by atoms with van der Waals surface area (Å²) < 4.78 is 10.4. The van der Waals surface area contributed by atoms with Crippen molar-refractivity contribution < 1.29 is 18.7 Å². The quantitative estimate of drug-likeness (QED) is 0.591. The highest BCUT2D eigenvalue weighted by atomic mass is 16.5. The molecule has 4 rings (SSSR count). The second-order valence-electron chi connectivity index (χ2n) is 7.77. The summed E-state index contributed by atoms with van der Waals surface area (Å²) in [6.45, 7) is 1.22. The maximum Gasteiger partial charge on any atom is 0.289 e. The van der Waals surface area contributed by atoms with Crippen LogP contribution in [0.15, 0.2) is 77.4 Å². The molecule has 32 heavy (non-hydrogen) atoms. The van der Waals surface area contributed by atoms with E-state index in [4.69, 9.17) is 9.15 Å². The number of benzene rings is 2. The number of hydrogen-bond acceptors (Lipinski definition) is 5. The Morgan fingerprint density at radius 1 is 1.00 bits per heavy atom. The van der Waals surface area contributed by atoms with Gasteiger partial charge in [0.2, 0.25) is 5.91 Å². The molecule has 1 saturated heterocycles. The molecular weight excluding hydrogens is 406 g/mol. The molecule has 0 spiro atoms. The number of rotatable bonds is 7. The molecule has 0 aliphatic carbocycles. The van der Waals surface area contributed by atoms with E-state index in [1.165, 1.54) is 6.26 Å². The van der Waals surface area contributed by atoms with E-state index in [9.17, 15) is 9.59 Å². The Bertz CT molecular complexity index is 1010.